The first-order valence-corrected chi connectivity index (χ1v) is 8.58. The van der Waals surface area contributed by atoms with Crippen molar-refractivity contribution in [3.05, 3.63) is 28.7 Å². The quantitative estimate of drug-likeness (QED) is 0.638. The molecular formula is C16H17NO3S2. The lowest BCUT2D eigenvalue weighted by Crippen LogP contribution is -2.39. The number of hydrogen-bond donors (Lipinski definition) is 2. The number of thiocarbonyl (C=S) groups is 1. The molecule has 1 aromatic rings. The molecule has 22 heavy (non-hydrogen) atoms. The third-order valence-electron chi connectivity index (χ3n) is 4.06. The van der Waals surface area contributed by atoms with Crippen molar-refractivity contribution in [2.24, 2.45) is 0 Å². The van der Waals surface area contributed by atoms with Crippen LogP contribution in [0.4, 0.5) is 0 Å². The number of phenols is 2. The monoisotopic (exact) mass is 335 g/mol. The Hall–Kier alpha value is -1.53. The molecular weight excluding hydrogens is 318 g/mol. The van der Waals surface area contributed by atoms with Crippen molar-refractivity contribution in [3.8, 4) is 11.5 Å². The van der Waals surface area contributed by atoms with E-state index in [0.29, 0.717) is 14.8 Å². The summed E-state index contributed by atoms with van der Waals surface area (Å²) in [6, 6.07) is 4.53. The molecule has 116 valence electrons. The van der Waals surface area contributed by atoms with Crippen molar-refractivity contribution in [2.45, 2.75) is 38.1 Å². The Morgan fingerprint density at radius 1 is 1.23 bits per heavy atom. The lowest BCUT2D eigenvalue weighted by atomic mass is 9.94. The topological polar surface area (TPSA) is 60.8 Å². The maximum atomic E-state index is 12.6. The summed E-state index contributed by atoms with van der Waals surface area (Å²) in [7, 11) is 0. The van der Waals surface area contributed by atoms with E-state index in [1.54, 1.807) is 17.0 Å². The average Bonchev–Trinajstić information content (AvgIpc) is 2.77. The standard InChI is InChI=1S/C16H17NO3S2/c18-12-7-6-10(13(19)9-12)8-14-15(20)17(16(21)22-14)11-4-2-1-3-5-11/h6-9,11,18-19H,1-5H2/b14-8+. The van der Waals surface area contributed by atoms with Gasteiger partial charge in [-0.1, -0.05) is 43.2 Å². The first kappa shape index (κ1) is 15.4. The molecule has 0 atom stereocenters. The third kappa shape index (κ3) is 2.98. The zero-order valence-electron chi connectivity index (χ0n) is 12.0. The molecule has 0 unspecified atom stereocenters. The molecule has 0 radical (unpaired) electrons. The second-order valence-electron chi connectivity index (χ2n) is 5.59. The van der Waals surface area contributed by atoms with Gasteiger partial charge in [-0.3, -0.25) is 9.69 Å². The van der Waals surface area contributed by atoms with Crippen LogP contribution in [0.25, 0.3) is 6.08 Å². The van der Waals surface area contributed by atoms with Crippen LogP contribution in [0.1, 0.15) is 37.7 Å². The molecule has 6 heteroatoms. The van der Waals surface area contributed by atoms with Crippen molar-refractivity contribution in [1.82, 2.24) is 4.90 Å². The molecule has 2 aliphatic rings. The number of carbonyl (C=O) groups excluding carboxylic acids is 1. The van der Waals surface area contributed by atoms with Crippen LogP contribution >= 0.6 is 24.0 Å². The van der Waals surface area contributed by atoms with Gasteiger partial charge in [0, 0.05) is 17.7 Å². The largest absolute Gasteiger partial charge is 0.508 e. The van der Waals surface area contributed by atoms with Crippen LogP contribution in [-0.2, 0) is 4.79 Å². The van der Waals surface area contributed by atoms with Gasteiger partial charge in [-0.15, -0.1) is 0 Å². The number of phenolic OH excluding ortho intramolecular Hbond substituents is 2. The van der Waals surface area contributed by atoms with E-state index in [1.165, 1.54) is 30.3 Å². The molecule has 4 nitrogen and oxygen atoms in total. The normalized spacial score (nSPS) is 21.8. The summed E-state index contributed by atoms with van der Waals surface area (Å²) in [6.07, 6.45) is 7.15. The Bertz CT molecular complexity index is 651. The highest BCUT2D eigenvalue weighted by Crippen LogP contribution is 2.38. The smallest absolute Gasteiger partial charge is 0.266 e. The summed E-state index contributed by atoms with van der Waals surface area (Å²) >= 11 is 6.65. The molecule has 2 N–H and O–H groups in total. The van der Waals surface area contributed by atoms with E-state index < -0.39 is 0 Å². The van der Waals surface area contributed by atoms with Crippen LogP contribution < -0.4 is 0 Å². The molecule has 1 saturated heterocycles. The molecule has 1 aliphatic carbocycles. The minimum absolute atomic E-state index is 0.00981. The highest BCUT2D eigenvalue weighted by atomic mass is 32.2. The number of carbonyl (C=O) groups is 1. The SMILES string of the molecule is O=C1/C(=C\c2ccc(O)cc2O)SC(=S)N1C1CCCCC1. The molecule has 0 aromatic heterocycles. The second-order valence-corrected chi connectivity index (χ2v) is 7.26. The van der Waals surface area contributed by atoms with E-state index in [-0.39, 0.29) is 23.4 Å². The second kappa shape index (κ2) is 6.30. The number of thioether (sulfide) groups is 1. The lowest BCUT2D eigenvalue weighted by Gasteiger charge is -2.29. The van der Waals surface area contributed by atoms with Crippen LogP contribution in [0.5, 0.6) is 11.5 Å². The third-order valence-corrected chi connectivity index (χ3v) is 5.39. The van der Waals surface area contributed by atoms with Crippen molar-refractivity contribution >= 4 is 40.3 Å². The van der Waals surface area contributed by atoms with Gasteiger partial charge in [0.25, 0.3) is 5.91 Å². The number of benzene rings is 1. The lowest BCUT2D eigenvalue weighted by molar-refractivity contribution is -0.124. The van der Waals surface area contributed by atoms with Gasteiger partial charge in [-0.05, 0) is 31.1 Å². The van der Waals surface area contributed by atoms with Crippen molar-refractivity contribution in [3.63, 3.8) is 0 Å². The number of nitrogens with zero attached hydrogens (tertiary/aromatic N) is 1. The molecule has 1 aliphatic heterocycles. The highest BCUT2D eigenvalue weighted by molar-refractivity contribution is 8.26. The predicted molar refractivity (Wildman–Crippen MR) is 91.7 cm³/mol. The summed E-state index contributed by atoms with van der Waals surface area (Å²) in [6.45, 7) is 0. The molecule has 1 saturated carbocycles. The van der Waals surface area contributed by atoms with Crippen molar-refractivity contribution in [1.29, 1.82) is 0 Å². The maximum absolute atomic E-state index is 12.6. The summed E-state index contributed by atoms with van der Waals surface area (Å²) in [5.41, 5.74) is 0.502. The van der Waals surface area contributed by atoms with Crippen LogP contribution in [0, 0.1) is 0 Å². The van der Waals surface area contributed by atoms with Crippen LogP contribution in [0.15, 0.2) is 23.1 Å². The minimum atomic E-state index is -0.0747. The van der Waals surface area contributed by atoms with Gasteiger partial charge in [0.05, 0.1) is 4.91 Å². The van der Waals surface area contributed by atoms with Gasteiger partial charge in [-0.25, -0.2) is 0 Å². The first-order valence-electron chi connectivity index (χ1n) is 7.35. The van der Waals surface area contributed by atoms with Gasteiger partial charge < -0.3 is 10.2 Å². The highest BCUT2D eigenvalue weighted by Gasteiger charge is 2.37. The zero-order valence-corrected chi connectivity index (χ0v) is 13.6. The van der Waals surface area contributed by atoms with Crippen LogP contribution in [0.3, 0.4) is 0 Å². The van der Waals surface area contributed by atoms with Crippen LogP contribution in [0.2, 0.25) is 0 Å². The number of rotatable bonds is 2. The van der Waals surface area contributed by atoms with E-state index >= 15 is 0 Å². The first-order chi connectivity index (χ1) is 10.6. The van der Waals surface area contributed by atoms with Crippen molar-refractivity contribution < 1.29 is 15.0 Å². The molecule has 3 rings (SSSR count). The average molecular weight is 335 g/mol. The Morgan fingerprint density at radius 2 is 1.95 bits per heavy atom. The minimum Gasteiger partial charge on any atom is -0.508 e. The van der Waals surface area contributed by atoms with Gasteiger partial charge >= 0.3 is 0 Å². The number of hydrogen-bond acceptors (Lipinski definition) is 5. The Balaban J connectivity index is 1.85. The van der Waals surface area contributed by atoms with E-state index in [0.717, 1.165) is 25.7 Å². The van der Waals surface area contributed by atoms with Gasteiger partial charge in [0.15, 0.2) is 0 Å². The summed E-state index contributed by atoms with van der Waals surface area (Å²) in [5, 5.41) is 19.2. The fourth-order valence-corrected chi connectivity index (χ4v) is 4.32. The molecule has 1 aromatic carbocycles. The molecule has 2 fully saturated rings. The molecule has 1 amide bonds. The Kier molecular flexibility index (Phi) is 4.40. The maximum Gasteiger partial charge on any atom is 0.266 e. The van der Waals surface area contributed by atoms with E-state index in [4.69, 9.17) is 12.2 Å². The summed E-state index contributed by atoms with van der Waals surface area (Å²) in [5.74, 6) is -0.137. The Morgan fingerprint density at radius 3 is 2.64 bits per heavy atom. The fraction of sp³-hybridized carbons (Fsp3) is 0.375. The molecule has 0 bridgehead atoms. The van der Waals surface area contributed by atoms with Crippen molar-refractivity contribution in [2.75, 3.05) is 0 Å². The fourth-order valence-electron chi connectivity index (χ4n) is 2.93. The zero-order chi connectivity index (χ0) is 15.7. The summed E-state index contributed by atoms with van der Waals surface area (Å²) < 4.78 is 0.599. The van der Waals surface area contributed by atoms with E-state index in [9.17, 15) is 15.0 Å². The van der Waals surface area contributed by atoms with E-state index in [1.807, 2.05) is 0 Å². The predicted octanol–water partition coefficient (Wildman–Crippen LogP) is 3.63. The number of amides is 1. The molecule has 1 heterocycles. The van der Waals surface area contributed by atoms with Crippen LogP contribution in [-0.4, -0.2) is 31.4 Å². The van der Waals surface area contributed by atoms with Gasteiger partial charge in [0.1, 0.15) is 15.8 Å². The van der Waals surface area contributed by atoms with Gasteiger partial charge in [-0.2, -0.15) is 0 Å². The van der Waals surface area contributed by atoms with E-state index in [2.05, 4.69) is 0 Å². The Labute approximate surface area is 138 Å². The summed E-state index contributed by atoms with van der Waals surface area (Å²) in [4.78, 5) is 14.9. The van der Waals surface area contributed by atoms with Gasteiger partial charge in [0.2, 0.25) is 0 Å². The molecule has 0 spiro atoms. The number of aromatic hydroxyl groups is 2.